The molecule has 1 amide bonds. The van der Waals surface area contributed by atoms with E-state index in [0.29, 0.717) is 11.3 Å². The molecule has 1 aliphatic rings. The Kier molecular flexibility index (Phi) is 4.52. The van der Waals surface area contributed by atoms with E-state index in [1.807, 2.05) is 12.1 Å². The van der Waals surface area contributed by atoms with Gasteiger partial charge in [0.25, 0.3) is 5.91 Å². The van der Waals surface area contributed by atoms with Crippen LogP contribution in [0.1, 0.15) is 23.2 Å². The number of benzene rings is 1. The maximum Gasteiger partial charge on any atom is 0.275 e. The molecule has 102 valence electrons. The second kappa shape index (κ2) is 6.33. The molecule has 1 fully saturated rings. The van der Waals surface area contributed by atoms with Crippen molar-refractivity contribution in [3.63, 3.8) is 0 Å². The molecule has 1 aromatic carbocycles. The van der Waals surface area contributed by atoms with Crippen molar-refractivity contribution >= 4 is 11.6 Å². The molecule has 0 aromatic heterocycles. The monoisotopic (exact) mass is 262 g/mol. The molecule has 5 heteroatoms. The Hall–Kier alpha value is -1.88. The molecule has 19 heavy (non-hydrogen) atoms. The van der Waals surface area contributed by atoms with Crippen LogP contribution in [0.25, 0.3) is 0 Å². The predicted octanol–water partition coefficient (Wildman–Crippen LogP) is 0.0895. The number of carbonyl (C=O) groups excluding carboxylic acids is 1. The summed E-state index contributed by atoms with van der Waals surface area (Å²) in [5.74, 6) is 0.337. The first kappa shape index (κ1) is 13.5. The fourth-order valence-electron chi connectivity index (χ4n) is 2.10. The first-order valence-corrected chi connectivity index (χ1v) is 6.51. The largest absolute Gasteiger partial charge is 0.496 e. The Balaban J connectivity index is 1.99. The van der Waals surface area contributed by atoms with Crippen LogP contribution >= 0.6 is 0 Å². The number of hydrogen-bond donors (Lipinski definition) is 2. The zero-order chi connectivity index (χ0) is 13.7. The van der Waals surface area contributed by atoms with Gasteiger partial charge in [-0.3, -0.25) is 4.79 Å². The highest BCUT2D eigenvalue weighted by Crippen LogP contribution is 2.16. The van der Waals surface area contributed by atoms with Crippen molar-refractivity contribution in [2.24, 2.45) is 5.10 Å². The molecule has 0 atom stereocenters. The van der Waals surface area contributed by atoms with E-state index >= 15 is 0 Å². The summed E-state index contributed by atoms with van der Waals surface area (Å²) >= 11 is 0. The number of methoxy groups -OCH3 is 1. The molecule has 0 spiro atoms. The van der Waals surface area contributed by atoms with Gasteiger partial charge in [0, 0.05) is 18.6 Å². The maximum absolute atomic E-state index is 12.0. The lowest BCUT2D eigenvalue weighted by atomic mass is 10.1. The minimum absolute atomic E-state index is 0.226. The normalized spacial score (nSPS) is 18.8. The molecular formula is C14H20N3O2+. The minimum atomic E-state index is -0.226. The van der Waals surface area contributed by atoms with Gasteiger partial charge in [-0.2, -0.15) is 5.10 Å². The van der Waals surface area contributed by atoms with E-state index in [0.717, 1.165) is 31.6 Å². The number of nitrogens with one attached hydrogen (secondary N) is 2. The lowest BCUT2D eigenvalue weighted by Crippen LogP contribution is -3.10. The zero-order valence-corrected chi connectivity index (χ0v) is 11.4. The van der Waals surface area contributed by atoms with Crippen LogP contribution in [0.2, 0.25) is 0 Å². The van der Waals surface area contributed by atoms with Crippen LogP contribution < -0.4 is 15.1 Å². The summed E-state index contributed by atoms with van der Waals surface area (Å²) in [4.78, 5) is 13.5. The first-order valence-electron chi connectivity index (χ1n) is 6.51. The zero-order valence-electron chi connectivity index (χ0n) is 11.4. The van der Waals surface area contributed by atoms with E-state index in [-0.39, 0.29) is 5.91 Å². The topological polar surface area (TPSA) is 55.1 Å². The number of likely N-dealkylation sites (tertiary alicyclic amines) is 1. The first-order chi connectivity index (χ1) is 9.20. The fourth-order valence-corrected chi connectivity index (χ4v) is 2.10. The quantitative estimate of drug-likeness (QED) is 0.759. The Morgan fingerprint density at radius 3 is 2.68 bits per heavy atom. The number of hydrogen-bond acceptors (Lipinski definition) is 3. The van der Waals surface area contributed by atoms with Gasteiger partial charge in [-0.25, -0.2) is 5.43 Å². The van der Waals surface area contributed by atoms with Crippen LogP contribution in [0, 0.1) is 0 Å². The van der Waals surface area contributed by atoms with E-state index < -0.39 is 0 Å². The predicted molar refractivity (Wildman–Crippen MR) is 73.7 cm³/mol. The number of amides is 1. The second-order valence-electron chi connectivity index (χ2n) is 4.78. The SMILES string of the molecule is COc1ccccc1C(=O)NN=C1CC[NH+](C)CC1. The van der Waals surface area contributed by atoms with E-state index in [9.17, 15) is 4.79 Å². The average Bonchev–Trinajstić information content (AvgIpc) is 2.46. The summed E-state index contributed by atoms with van der Waals surface area (Å²) in [5.41, 5.74) is 4.19. The molecule has 1 aromatic rings. The summed E-state index contributed by atoms with van der Waals surface area (Å²) in [6.45, 7) is 2.15. The highest BCUT2D eigenvalue weighted by Gasteiger charge is 2.15. The Morgan fingerprint density at radius 2 is 2.00 bits per heavy atom. The van der Waals surface area contributed by atoms with E-state index in [1.165, 1.54) is 4.90 Å². The third kappa shape index (κ3) is 3.54. The van der Waals surface area contributed by atoms with Crippen molar-refractivity contribution in [1.29, 1.82) is 0 Å². The number of ether oxygens (including phenoxy) is 1. The van der Waals surface area contributed by atoms with Gasteiger partial charge in [-0.1, -0.05) is 12.1 Å². The van der Waals surface area contributed by atoms with E-state index in [2.05, 4.69) is 17.6 Å². The Labute approximate surface area is 113 Å². The molecule has 0 saturated carbocycles. The number of hydrazone groups is 1. The van der Waals surface area contributed by atoms with Crippen LogP contribution in [0.4, 0.5) is 0 Å². The third-order valence-electron chi connectivity index (χ3n) is 3.35. The summed E-state index contributed by atoms with van der Waals surface area (Å²) in [6.07, 6.45) is 1.88. The molecule has 1 aliphatic heterocycles. The number of para-hydroxylation sites is 1. The molecule has 0 bridgehead atoms. The number of carbonyl (C=O) groups is 1. The van der Waals surface area contributed by atoms with Gasteiger partial charge in [0.15, 0.2) is 0 Å². The summed E-state index contributed by atoms with van der Waals surface area (Å²) in [5, 5.41) is 4.22. The van der Waals surface area contributed by atoms with Gasteiger partial charge < -0.3 is 9.64 Å². The molecular weight excluding hydrogens is 242 g/mol. The standard InChI is InChI=1S/C14H19N3O2/c1-17-9-7-11(8-10-17)15-16-14(18)12-5-3-4-6-13(12)19-2/h3-6H,7-10H2,1-2H3,(H,16,18)/p+1. The second-order valence-corrected chi connectivity index (χ2v) is 4.78. The Morgan fingerprint density at radius 1 is 1.32 bits per heavy atom. The summed E-state index contributed by atoms with van der Waals surface area (Å²) in [7, 11) is 3.72. The molecule has 1 heterocycles. The van der Waals surface area contributed by atoms with E-state index in [4.69, 9.17) is 4.74 Å². The lowest BCUT2D eigenvalue weighted by Gasteiger charge is -2.20. The summed E-state index contributed by atoms with van der Waals surface area (Å²) < 4.78 is 5.16. The molecule has 2 rings (SSSR count). The van der Waals surface area contributed by atoms with Gasteiger partial charge in [0.1, 0.15) is 5.75 Å². The number of piperidine rings is 1. The van der Waals surface area contributed by atoms with Crippen LogP contribution in [0.15, 0.2) is 29.4 Å². The molecule has 0 radical (unpaired) electrons. The highest BCUT2D eigenvalue weighted by atomic mass is 16.5. The van der Waals surface area contributed by atoms with Gasteiger partial charge in [-0.05, 0) is 12.1 Å². The van der Waals surface area contributed by atoms with Crippen molar-refractivity contribution in [2.75, 3.05) is 27.2 Å². The van der Waals surface area contributed by atoms with Crippen molar-refractivity contribution in [3.8, 4) is 5.75 Å². The van der Waals surface area contributed by atoms with Gasteiger partial charge >= 0.3 is 0 Å². The fraction of sp³-hybridized carbons (Fsp3) is 0.429. The van der Waals surface area contributed by atoms with Gasteiger partial charge in [0.05, 0.1) is 32.8 Å². The molecule has 5 nitrogen and oxygen atoms in total. The third-order valence-corrected chi connectivity index (χ3v) is 3.35. The van der Waals surface area contributed by atoms with Crippen LogP contribution in [0.3, 0.4) is 0 Å². The van der Waals surface area contributed by atoms with Gasteiger partial charge in [-0.15, -0.1) is 0 Å². The van der Waals surface area contributed by atoms with Crippen LogP contribution in [0.5, 0.6) is 5.75 Å². The van der Waals surface area contributed by atoms with Gasteiger partial charge in [0.2, 0.25) is 0 Å². The van der Waals surface area contributed by atoms with E-state index in [1.54, 1.807) is 19.2 Å². The number of quaternary nitrogens is 1. The summed E-state index contributed by atoms with van der Waals surface area (Å²) in [6, 6.07) is 7.14. The molecule has 0 unspecified atom stereocenters. The number of nitrogens with zero attached hydrogens (tertiary/aromatic N) is 1. The van der Waals surface area contributed by atoms with Crippen LogP contribution in [-0.4, -0.2) is 38.9 Å². The lowest BCUT2D eigenvalue weighted by molar-refractivity contribution is -0.880. The molecule has 2 N–H and O–H groups in total. The smallest absolute Gasteiger partial charge is 0.275 e. The maximum atomic E-state index is 12.0. The number of rotatable bonds is 3. The minimum Gasteiger partial charge on any atom is -0.496 e. The van der Waals surface area contributed by atoms with Crippen molar-refractivity contribution < 1.29 is 14.4 Å². The Bertz CT molecular complexity index is 475. The molecule has 1 saturated heterocycles. The van der Waals surface area contributed by atoms with Crippen molar-refractivity contribution in [3.05, 3.63) is 29.8 Å². The highest BCUT2D eigenvalue weighted by molar-refractivity contribution is 5.97. The van der Waals surface area contributed by atoms with Crippen molar-refractivity contribution in [1.82, 2.24) is 5.43 Å². The average molecular weight is 262 g/mol. The molecule has 0 aliphatic carbocycles. The van der Waals surface area contributed by atoms with Crippen LogP contribution in [-0.2, 0) is 0 Å². The van der Waals surface area contributed by atoms with Crippen molar-refractivity contribution in [2.45, 2.75) is 12.8 Å².